The summed E-state index contributed by atoms with van der Waals surface area (Å²) < 4.78 is 26.9. The van der Waals surface area contributed by atoms with Gasteiger partial charge in [-0.2, -0.15) is 0 Å². The van der Waals surface area contributed by atoms with Crippen molar-refractivity contribution in [2.45, 2.75) is 29.9 Å². The van der Waals surface area contributed by atoms with Crippen LogP contribution in [0, 0.1) is 0 Å². The number of rotatable bonds is 7. The van der Waals surface area contributed by atoms with Gasteiger partial charge >= 0.3 is 0 Å². The molecule has 0 aliphatic carbocycles. The zero-order chi connectivity index (χ0) is 22.6. The Balaban J connectivity index is 1.90. The highest BCUT2D eigenvalue weighted by atomic mass is 35.5. The number of sulfone groups is 1. The molecular weight excluding hydrogens is 455 g/mol. The Morgan fingerprint density at radius 2 is 1.74 bits per heavy atom. The number of carbonyl (C=O) groups excluding carboxylic acids is 1. The summed E-state index contributed by atoms with van der Waals surface area (Å²) >= 11 is 12.0. The molecule has 0 aliphatic rings. The number of aromatic nitrogens is 1. The normalized spacial score (nSPS) is 12.5. The highest BCUT2D eigenvalue weighted by molar-refractivity contribution is 7.91. The van der Waals surface area contributed by atoms with E-state index in [-0.39, 0.29) is 27.9 Å². The van der Waals surface area contributed by atoms with Crippen LogP contribution < -0.4 is 5.32 Å². The van der Waals surface area contributed by atoms with Gasteiger partial charge in [0.05, 0.1) is 15.5 Å². The van der Waals surface area contributed by atoms with Gasteiger partial charge in [0, 0.05) is 24.0 Å². The van der Waals surface area contributed by atoms with E-state index in [0.717, 1.165) is 5.56 Å². The molecule has 8 heteroatoms. The minimum atomic E-state index is -3.80. The fourth-order valence-electron chi connectivity index (χ4n) is 3.13. The summed E-state index contributed by atoms with van der Waals surface area (Å²) in [6.07, 6.45) is 3.06. The molecule has 1 aromatic heterocycles. The standard InChI is InChI=1S/C23H22Cl2N2O3S/c1-15(2)16-5-8-19(9-6-16)31(29,30)22(17-4-3-11-26-13-17)14-27-23(28)20-10-7-18(24)12-21(20)25/h3-13,15,22H,14H2,1-2H3,(H,27,28). The van der Waals surface area contributed by atoms with Crippen molar-refractivity contribution in [1.29, 1.82) is 0 Å². The summed E-state index contributed by atoms with van der Waals surface area (Å²) in [5.41, 5.74) is 1.75. The minimum absolute atomic E-state index is 0.141. The molecule has 162 valence electrons. The number of nitrogens with one attached hydrogen (secondary N) is 1. The molecule has 0 radical (unpaired) electrons. The van der Waals surface area contributed by atoms with Crippen LogP contribution in [-0.4, -0.2) is 25.9 Å². The summed E-state index contributed by atoms with van der Waals surface area (Å²) in [7, 11) is -3.80. The molecule has 31 heavy (non-hydrogen) atoms. The largest absolute Gasteiger partial charge is 0.350 e. The molecule has 1 atom stereocenters. The van der Waals surface area contributed by atoms with Crippen LogP contribution in [0.2, 0.25) is 10.0 Å². The Morgan fingerprint density at radius 3 is 2.32 bits per heavy atom. The van der Waals surface area contributed by atoms with Crippen molar-refractivity contribution in [3.8, 4) is 0 Å². The van der Waals surface area contributed by atoms with Crippen molar-refractivity contribution in [2.75, 3.05) is 6.54 Å². The number of halogens is 2. The first-order valence-corrected chi connectivity index (χ1v) is 12.0. The third-order valence-corrected chi connectivity index (χ3v) is 7.59. The lowest BCUT2D eigenvalue weighted by Crippen LogP contribution is -2.32. The maximum absolute atomic E-state index is 13.5. The van der Waals surface area contributed by atoms with Crippen LogP contribution in [0.4, 0.5) is 0 Å². The van der Waals surface area contributed by atoms with Crippen LogP contribution in [-0.2, 0) is 9.84 Å². The second kappa shape index (κ2) is 9.81. The number of hydrogen-bond donors (Lipinski definition) is 1. The van der Waals surface area contributed by atoms with E-state index in [0.29, 0.717) is 10.6 Å². The van der Waals surface area contributed by atoms with Gasteiger partial charge in [-0.25, -0.2) is 8.42 Å². The Labute approximate surface area is 192 Å². The van der Waals surface area contributed by atoms with Crippen LogP contribution >= 0.6 is 23.2 Å². The molecule has 0 spiro atoms. The summed E-state index contributed by atoms with van der Waals surface area (Å²) in [6, 6.07) is 14.7. The van der Waals surface area contributed by atoms with Crippen LogP contribution in [0.15, 0.2) is 71.9 Å². The van der Waals surface area contributed by atoms with Gasteiger partial charge in [-0.15, -0.1) is 0 Å². The monoisotopic (exact) mass is 476 g/mol. The van der Waals surface area contributed by atoms with Gasteiger partial charge in [-0.05, 0) is 53.4 Å². The second-order valence-corrected chi connectivity index (χ2v) is 10.4. The highest BCUT2D eigenvalue weighted by Gasteiger charge is 2.30. The maximum atomic E-state index is 13.5. The van der Waals surface area contributed by atoms with Gasteiger partial charge in [0.15, 0.2) is 9.84 Å². The average Bonchev–Trinajstić information content (AvgIpc) is 2.74. The maximum Gasteiger partial charge on any atom is 0.252 e. The van der Waals surface area contributed by atoms with Crippen LogP contribution in [0.1, 0.15) is 46.5 Å². The topological polar surface area (TPSA) is 76.1 Å². The predicted octanol–water partition coefficient (Wildman–Crippen LogP) is 5.46. The third kappa shape index (κ3) is 5.45. The first kappa shape index (κ1) is 23.3. The number of pyridine rings is 1. The van der Waals surface area contributed by atoms with Crippen molar-refractivity contribution < 1.29 is 13.2 Å². The summed E-state index contributed by atoms with van der Waals surface area (Å²) in [4.78, 5) is 16.9. The molecule has 5 nitrogen and oxygen atoms in total. The Kier molecular flexibility index (Phi) is 7.36. The predicted molar refractivity (Wildman–Crippen MR) is 123 cm³/mol. The van der Waals surface area contributed by atoms with E-state index in [9.17, 15) is 13.2 Å². The Hall–Kier alpha value is -2.41. The molecule has 1 unspecified atom stereocenters. The molecule has 0 saturated carbocycles. The van der Waals surface area contributed by atoms with Crippen LogP contribution in [0.25, 0.3) is 0 Å². The molecule has 0 bridgehead atoms. The number of nitrogens with zero attached hydrogens (tertiary/aromatic N) is 1. The van der Waals surface area contributed by atoms with E-state index in [1.54, 1.807) is 36.5 Å². The molecule has 0 saturated heterocycles. The van der Waals surface area contributed by atoms with E-state index >= 15 is 0 Å². The van der Waals surface area contributed by atoms with Gasteiger partial charge in [-0.3, -0.25) is 9.78 Å². The van der Waals surface area contributed by atoms with E-state index in [1.807, 2.05) is 26.0 Å². The third-order valence-electron chi connectivity index (χ3n) is 4.93. The lowest BCUT2D eigenvalue weighted by molar-refractivity contribution is 0.0954. The summed E-state index contributed by atoms with van der Waals surface area (Å²) in [6.45, 7) is 3.94. The smallest absolute Gasteiger partial charge is 0.252 e. The van der Waals surface area contributed by atoms with Crippen molar-refractivity contribution in [2.24, 2.45) is 0 Å². The molecule has 3 aromatic rings. The fourth-order valence-corrected chi connectivity index (χ4v) is 5.27. The van der Waals surface area contributed by atoms with Crippen molar-refractivity contribution >= 4 is 38.9 Å². The van der Waals surface area contributed by atoms with Crippen molar-refractivity contribution in [3.63, 3.8) is 0 Å². The number of hydrogen-bond acceptors (Lipinski definition) is 4. The van der Waals surface area contributed by atoms with E-state index in [2.05, 4.69) is 10.3 Å². The molecule has 2 aromatic carbocycles. The minimum Gasteiger partial charge on any atom is -0.350 e. The Bertz CT molecular complexity index is 1170. The molecule has 1 amide bonds. The molecular formula is C23H22Cl2N2O3S. The van der Waals surface area contributed by atoms with Crippen molar-refractivity contribution in [1.82, 2.24) is 10.3 Å². The second-order valence-electron chi connectivity index (χ2n) is 7.38. The fraction of sp³-hybridized carbons (Fsp3) is 0.217. The van der Waals surface area contributed by atoms with E-state index in [1.165, 1.54) is 18.3 Å². The van der Waals surface area contributed by atoms with Gasteiger partial charge in [0.1, 0.15) is 5.25 Å². The van der Waals surface area contributed by atoms with Crippen LogP contribution in [0.5, 0.6) is 0 Å². The molecule has 0 fully saturated rings. The number of amides is 1. The van der Waals surface area contributed by atoms with Gasteiger partial charge < -0.3 is 5.32 Å². The molecule has 3 rings (SSSR count). The van der Waals surface area contributed by atoms with Gasteiger partial charge in [0.25, 0.3) is 5.91 Å². The Morgan fingerprint density at radius 1 is 1.03 bits per heavy atom. The van der Waals surface area contributed by atoms with Gasteiger partial charge in [0.2, 0.25) is 0 Å². The quantitative estimate of drug-likeness (QED) is 0.491. The van der Waals surface area contributed by atoms with Gasteiger partial charge in [-0.1, -0.05) is 55.2 Å². The zero-order valence-electron chi connectivity index (χ0n) is 17.0. The zero-order valence-corrected chi connectivity index (χ0v) is 19.4. The summed E-state index contributed by atoms with van der Waals surface area (Å²) in [5.74, 6) is -0.199. The SMILES string of the molecule is CC(C)c1ccc(S(=O)(=O)C(CNC(=O)c2ccc(Cl)cc2Cl)c2cccnc2)cc1. The van der Waals surface area contributed by atoms with Crippen molar-refractivity contribution in [3.05, 3.63) is 93.7 Å². The lowest BCUT2D eigenvalue weighted by Gasteiger charge is -2.19. The van der Waals surface area contributed by atoms with E-state index < -0.39 is 21.0 Å². The molecule has 0 aliphatic heterocycles. The number of benzene rings is 2. The lowest BCUT2D eigenvalue weighted by atomic mass is 10.0. The summed E-state index contributed by atoms with van der Waals surface area (Å²) in [5, 5.41) is 2.27. The number of carbonyl (C=O) groups is 1. The molecule has 1 N–H and O–H groups in total. The van der Waals surface area contributed by atoms with Crippen LogP contribution in [0.3, 0.4) is 0 Å². The first-order valence-electron chi connectivity index (χ1n) is 9.67. The first-order chi connectivity index (χ1) is 14.7. The van der Waals surface area contributed by atoms with E-state index in [4.69, 9.17) is 23.2 Å². The molecule has 1 heterocycles. The highest BCUT2D eigenvalue weighted by Crippen LogP contribution is 2.29. The average molecular weight is 477 g/mol.